The van der Waals surface area contributed by atoms with Gasteiger partial charge in [0.25, 0.3) is 5.91 Å². The zero-order chi connectivity index (χ0) is 22.2. The molecule has 0 aliphatic carbocycles. The van der Waals surface area contributed by atoms with Crippen LogP contribution in [0, 0.1) is 0 Å². The van der Waals surface area contributed by atoms with Crippen LogP contribution >= 0.6 is 0 Å². The number of esters is 1. The summed E-state index contributed by atoms with van der Waals surface area (Å²) in [7, 11) is 0. The van der Waals surface area contributed by atoms with Gasteiger partial charge in [-0.3, -0.25) is 19.2 Å². The van der Waals surface area contributed by atoms with Crippen LogP contribution in [0.4, 0.5) is 0 Å². The Morgan fingerprint density at radius 1 is 1.00 bits per heavy atom. The number of hydrogen-bond acceptors (Lipinski definition) is 5. The molecule has 1 aliphatic rings. The molecular formula is C23H25N3O5. The van der Waals surface area contributed by atoms with Crippen molar-refractivity contribution in [1.82, 2.24) is 16.0 Å². The minimum absolute atomic E-state index is 0.225. The standard InChI is InChI=1S/C23H25N3O5/c1-15(27)31-23-20(22(30)26-23)25-21(29)18(14-17-10-6-3-7-11-17)24-19(28)13-12-16-8-4-2-5-9-16/h2-11,18,20,23H,12-14H2,1H3,(H,24,28)(H,25,29)(H,26,30)/t18-,20+,23-/m0/s1. The summed E-state index contributed by atoms with van der Waals surface area (Å²) in [5.41, 5.74) is 1.89. The molecule has 31 heavy (non-hydrogen) atoms. The van der Waals surface area contributed by atoms with Gasteiger partial charge in [0.05, 0.1) is 0 Å². The number of carbonyl (C=O) groups excluding carboxylic acids is 4. The molecule has 1 saturated heterocycles. The molecule has 3 atom stereocenters. The Bertz CT molecular complexity index is 933. The van der Waals surface area contributed by atoms with E-state index in [1.165, 1.54) is 6.92 Å². The highest BCUT2D eigenvalue weighted by Gasteiger charge is 2.43. The molecular weight excluding hydrogens is 398 g/mol. The van der Waals surface area contributed by atoms with Crippen molar-refractivity contribution < 1.29 is 23.9 Å². The first-order valence-electron chi connectivity index (χ1n) is 10.1. The molecule has 3 N–H and O–H groups in total. The van der Waals surface area contributed by atoms with Gasteiger partial charge in [-0.2, -0.15) is 0 Å². The molecule has 162 valence electrons. The van der Waals surface area contributed by atoms with Crippen molar-refractivity contribution in [1.29, 1.82) is 0 Å². The van der Waals surface area contributed by atoms with Crippen molar-refractivity contribution in [2.75, 3.05) is 0 Å². The van der Waals surface area contributed by atoms with Crippen LogP contribution in [0.3, 0.4) is 0 Å². The summed E-state index contributed by atoms with van der Waals surface area (Å²) in [6.45, 7) is 1.22. The van der Waals surface area contributed by atoms with Crippen LogP contribution < -0.4 is 16.0 Å². The fraction of sp³-hybridized carbons (Fsp3) is 0.304. The molecule has 1 fully saturated rings. The average Bonchev–Trinajstić information content (AvgIpc) is 2.76. The maximum atomic E-state index is 12.9. The van der Waals surface area contributed by atoms with Gasteiger partial charge in [-0.15, -0.1) is 0 Å². The van der Waals surface area contributed by atoms with Gasteiger partial charge in [0, 0.05) is 19.8 Å². The molecule has 0 saturated carbocycles. The Balaban J connectivity index is 1.64. The topological polar surface area (TPSA) is 114 Å². The van der Waals surface area contributed by atoms with E-state index in [1.807, 2.05) is 60.7 Å². The van der Waals surface area contributed by atoms with E-state index in [2.05, 4.69) is 16.0 Å². The van der Waals surface area contributed by atoms with Gasteiger partial charge in [-0.1, -0.05) is 60.7 Å². The molecule has 8 nitrogen and oxygen atoms in total. The maximum Gasteiger partial charge on any atom is 0.304 e. The van der Waals surface area contributed by atoms with Crippen molar-refractivity contribution in [3.05, 3.63) is 71.8 Å². The summed E-state index contributed by atoms with van der Waals surface area (Å²) >= 11 is 0. The number of aryl methyl sites for hydroxylation is 1. The number of ether oxygens (including phenoxy) is 1. The highest BCUT2D eigenvalue weighted by molar-refractivity contribution is 5.96. The van der Waals surface area contributed by atoms with Gasteiger partial charge in [0.2, 0.25) is 18.0 Å². The minimum Gasteiger partial charge on any atom is -0.439 e. The number of β-lactam (4-membered cyclic amide) rings is 1. The van der Waals surface area contributed by atoms with Gasteiger partial charge in [-0.05, 0) is 17.5 Å². The van der Waals surface area contributed by atoms with E-state index < -0.39 is 36.1 Å². The summed E-state index contributed by atoms with van der Waals surface area (Å²) < 4.78 is 4.96. The number of nitrogens with one attached hydrogen (secondary N) is 3. The summed E-state index contributed by atoms with van der Waals surface area (Å²) in [6.07, 6.45) is 0.116. The van der Waals surface area contributed by atoms with Crippen molar-refractivity contribution in [2.45, 2.75) is 44.5 Å². The molecule has 0 radical (unpaired) electrons. The van der Waals surface area contributed by atoms with Crippen LogP contribution in [-0.2, 0) is 36.8 Å². The third-order valence-electron chi connectivity index (χ3n) is 4.88. The predicted octanol–water partition coefficient (Wildman–Crippen LogP) is 0.851. The Kier molecular flexibility index (Phi) is 7.37. The van der Waals surface area contributed by atoms with Gasteiger partial charge in [0.15, 0.2) is 6.04 Å². The zero-order valence-electron chi connectivity index (χ0n) is 17.2. The lowest BCUT2D eigenvalue weighted by Gasteiger charge is -2.36. The molecule has 0 aromatic heterocycles. The van der Waals surface area contributed by atoms with Crippen LogP contribution in [0.25, 0.3) is 0 Å². The largest absolute Gasteiger partial charge is 0.439 e. The fourth-order valence-corrected chi connectivity index (χ4v) is 3.25. The van der Waals surface area contributed by atoms with Crippen molar-refractivity contribution in [3.8, 4) is 0 Å². The van der Waals surface area contributed by atoms with Crippen LogP contribution in [0.15, 0.2) is 60.7 Å². The van der Waals surface area contributed by atoms with Crippen molar-refractivity contribution in [2.24, 2.45) is 0 Å². The van der Waals surface area contributed by atoms with E-state index in [-0.39, 0.29) is 18.7 Å². The van der Waals surface area contributed by atoms with Gasteiger partial charge in [-0.25, -0.2) is 0 Å². The first-order chi connectivity index (χ1) is 14.9. The van der Waals surface area contributed by atoms with Gasteiger partial charge >= 0.3 is 5.97 Å². The third-order valence-corrected chi connectivity index (χ3v) is 4.88. The molecule has 3 amide bonds. The van der Waals surface area contributed by atoms with Crippen LogP contribution in [0.5, 0.6) is 0 Å². The van der Waals surface area contributed by atoms with E-state index >= 15 is 0 Å². The number of rotatable bonds is 9. The Morgan fingerprint density at radius 2 is 1.61 bits per heavy atom. The second-order valence-electron chi connectivity index (χ2n) is 7.32. The molecule has 3 rings (SSSR count). The quantitative estimate of drug-likeness (QED) is 0.409. The first kappa shape index (κ1) is 22.0. The average molecular weight is 423 g/mol. The lowest BCUT2D eigenvalue weighted by molar-refractivity contribution is -0.164. The molecule has 0 bridgehead atoms. The van der Waals surface area contributed by atoms with Gasteiger partial charge in [0.1, 0.15) is 6.04 Å². The molecule has 2 aromatic carbocycles. The van der Waals surface area contributed by atoms with E-state index in [4.69, 9.17) is 4.74 Å². The number of carbonyl (C=O) groups is 4. The Morgan fingerprint density at radius 3 is 2.19 bits per heavy atom. The lowest BCUT2D eigenvalue weighted by atomic mass is 10.0. The molecule has 0 spiro atoms. The van der Waals surface area contributed by atoms with E-state index in [0.29, 0.717) is 6.42 Å². The SMILES string of the molecule is CC(=O)O[C@@H]1NC(=O)[C@H]1NC(=O)[C@H](Cc1ccccc1)NC(=O)CCc1ccccc1. The Hall–Kier alpha value is -3.68. The highest BCUT2D eigenvalue weighted by atomic mass is 16.6. The lowest BCUT2D eigenvalue weighted by Crippen LogP contribution is -2.71. The number of benzene rings is 2. The van der Waals surface area contributed by atoms with Crippen molar-refractivity contribution in [3.63, 3.8) is 0 Å². The summed E-state index contributed by atoms with van der Waals surface area (Å²) in [5.74, 6) is -1.81. The normalized spacial score (nSPS) is 18.2. The van der Waals surface area contributed by atoms with E-state index in [1.54, 1.807) is 0 Å². The second kappa shape index (κ2) is 10.4. The molecule has 1 aliphatic heterocycles. The highest BCUT2D eigenvalue weighted by Crippen LogP contribution is 2.11. The monoisotopic (exact) mass is 423 g/mol. The molecule has 1 heterocycles. The van der Waals surface area contributed by atoms with Crippen LogP contribution in [0.1, 0.15) is 24.5 Å². The molecule has 0 unspecified atom stereocenters. The van der Waals surface area contributed by atoms with E-state index in [9.17, 15) is 19.2 Å². The molecule has 8 heteroatoms. The smallest absolute Gasteiger partial charge is 0.304 e. The van der Waals surface area contributed by atoms with E-state index in [0.717, 1.165) is 11.1 Å². The van der Waals surface area contributed by atoms with Crippen LogP contribution in [-0.4, -0.2) is 42.0 Å². The van der Waals surface area contributed by atoms with Crippen molar-refractivity contribution >= 4 is 23.7 Å². The second-order valence-corrected chi connectivity index (χ2v) is 7.32. The zero-order valence-corrected chi connectivity index (χ0v) is 17.2. The van der Waals surface area contributed by atoms with Gasteiger partial charge < -0.3 is 20.7 Å². The summed E-state index contributed by atoms with van der Waals surface area (Å²) in [6, 6.07) is 17.0. The predicted molar refractivity (Wildman–Crippen MR) is 112 cm³/mol. The maximum absolute atomic E-state index is 12.9. The third kappa shape index (κ3) is 6.40. The first-order valence-corrected chi connectivity index (χ1v) is 10.1. The number of hydrogen-bond donors (Lipinski definition) is 3. The Labute approximate surface area is 180 Å². The number of amides is 3. The summed E-state index contributed by atoms with van der Waals surface area (Å²) in [4.78, 5) is 48.4. The molecule has 2 aromatic rings. The minimum atomic E-state index is -0.990. The van der Waals surface area contributed by atoms with Crippen LogP contribution in [0.2, 0.25) is 0 Å². The summed E-state index contributed by atoms with van der Waals surface area (Å²) in [5, 5.41) is 7.76. The fourth-order valence-electron chi connectivity index (χ4n) is 3.25.